The van der Waals surface area contributed by atoms with Crippen LogP contribution in [0.15, 0.2) is 0 Å². The maximum Gasteiger partial charge on any atom is 0.332 e. The second kappa shape index (κ2) is 4.96. The quantitative estimate of drug-likeness (QED) is 0.611. The van der Waals surface area contributed by atoms with E-state index in [1.807, 2.05) is 11.9 Å². The molecule has 104 valence electrons. The average Bonchev–Trinajstić information content (AvgIpc) is 2.31. The molecule has 1 atom stereocenters. The number of hydrogen-bond acceptors (Lipinski definition) is 7. The van der Waals surface area contributed by atoms with Crippen molar-refractivity contribution in [3.8, 4) is 0 Å². The van der Waals surface area contributed by atoms with Crippen molar-refractivity contribution in [1.82, 2.24) is 14.9 Å². The van der Waals surface area contributed by atoms with Crippen LogP contribution in [-0.2, 0) is 0 Å². The highest BCUT2D eigenvalue weighted by Gasteiger charge is 2.30. The van der Waals surface area contributed by atoms with Gasteiger partial charge in [0.05, 0.1) is 4.92 Å². The fourth-order valence-corrected chi connectivity index (χ4v) is 2.25. The van der Waals surface area contributed by atoms with Gasteiger partial charge in [-0.2, -0.15) is 4.98 Å². The summed E-state index contributed by atoms with van der Waals surface area (Å²) in [7, 11) is 2.04. The first-order chi connectivity index (χ1) is 8.90. The highest BCUT2D eigenvalue weighted by Crippen LogP contribution is 2.30. The number of hydrogen-bond donors (Lipinski definition) is 1. The van der Waals surface area contributed by atoms with E-state index in [1.165, 1.54) is 0 Å². The Bertz CT molecular complexity index is 506. The van der Waals surface area contributed by atoms with Crippen molar-refractivity contribution in [3.63, 3.8) is 0 Å². The summed E-state index contributed by atoms with van der Waals surface area (Å²) in [4.78, 5) is 22.8. The van der Waals surface area contributed by atoms with Crippen molar-refractivity contribution in [3.05, 3.63) is 15.8 Å². The molecule has 0 bridgehead atoms. The monoisotopic (exact) mass is 266 g/mol. The molecule has 1 saturated heterocycles. The van der Waals surface area contributed by atoms with Crippen molar-refractivity contribution in [1.29, 1.82) is 0 Å². The highest BCUT2D eigenvalue weighted by molar-refractivity contribution is 5.62. The van der Waals surface area contributed by atoms with Crippen LogP contribution in [0.4, 0.5) is 17.5 Å². The molecular weight excluding hydrogens is 248 g/mol. The Kier molecular flexibility index (Phi) is 3.52. The van der Waals surface area contributed by atoms with Gasteiger partial charge < -0.3 is 15.5 Å². The van der Waals surface area contributed by atoms with Crippen molar-refractivity contribution >= 4 is 17.5 Å². The molecule has 2 heterocycles. The zero-order valence-electron chi connectivity index (χ0n) is 11.3. The zero-order chi connectivity index (χ0) is 14.2. The van der Waals surface area contributed by atoms with E-state index < -0.39 is 4.92 Å². The number of likely N-dealkylation sites (N-methyl/N-ethyl adjacent to an activating group) is 1. The fraction of sp³-hybridized carbons (Fsp3) is 0.636. The van der Waals surface area contributed by atoms with Crippen LogP contribution in [0.5, 0.6) is 0 Å². The number of nitrogen functional groups attached to an aromatic ring is 1. The molecule has 0 spiro atoms. The number of piperazine rings is 1. The third kappa shape index (κ3) is 2.58. The number of anilines is 2. The van der Waals surface area contributed by atoms with Gasteiger partial charge in [0.2, 0.25) is 11.8 Å². The summed E-state index contributed by atoms with van der Waals surface area (Å²) >= 11 is 0. The molecule has 1 aliphatic rings. The van der Waals surface area contributed by atoms with Gasteiger partial charge in [-0.1, -0.05) is 0 Å². The third-order valence-electron chi connectivity index (χ3n) is 3.50. The fourth-order valence-electron chi connectivity index (χ4n) is 2.25. The van der Waals surface area contributed by atoms with Gasteiger partial charge in [0.1, 0.15) is 5.69 Å². The third-order valence-corrected chi connectivity index (χ3v) is 3.50. The second-order valence-corrected chi connectivity index (χ2v) is 4.87. The Morgan fingerprint density at radius 1 is 1.42 bits per heavy atom. The molecule has 0 aromatic carbocycles. The van der Waals surface area contributed by atoms with Gasteiger partial charge in [-0.25, -0.2) is 4.98 Å². The number of nitrogens with two attached hydrogens (primary N) is 1. The molecule has 1 fully saturated rings. The predicted octanol–water partition coefficient (Wildman–Crippen LogP) is 0.416. The van der Waals surface area contributed by atoms with Gasteiger partial charge >= 0.3 is 5.69 Å². The average molecular weight is 266 g/mol. The Balaban J connectivity index is 2.41. The summed E-state index contributed by atoms with van der Waals surface area (Å²) in [6, 6.07) is 0.310. The molecule has 0 amide bonds. The SMILES string of the molecule is Cc1nc(N)nc(N2CCN(C)C(C)C2)c1[N+](=O)[O-]. The zero-order valence-corrected chi connectivity index (χ0v) is 11.3. The minimum Gasteiger partial charge on any atom is -0.368 e. The first-order valence-corrected chi connectivity index (χ1v) is 6.14. The van der Waals surface area contributed by atoms with Gasteiger partial charge in [-0.3, -0.25) is 10.1 Å². The Hall–Kier alpha value is -1.96. The van der Waals surface area contributed by atoms with Crippen LogP contribution in [0.2, 0.25) is 0 Å². The minimum absolute atomic E-state index is 0.0500. The van der Waals surface area contributed by atoms with Crippen LogP contribution < -0.4 is 10.6 Å². The molecule has 1 unspecified atom stereocenters. The molecule has 8 heteroatoms. The molecule has 0 radical (unpaired) electrons. The molecule has 1 aromatic heterocycles. The van der Waals surface area contributed by atoms with Gasteiger partial charge in [-0.15, -0.1) is 0 Å². The Labute approximate surface area is 111 Å². The lowest BCUT2D eigenvalue weighted by Crippen LogP contribution is -2.50. The van der Waals surface area contributed by atoms with Crippen LogP contribution in [0.1, 0.15) is 12.6 Å². The summed E-state index contributed by atoms with van der Waals surface area (Å²) in [5.41, 5.74) is 5.87. The van der Waals surface area contributed by atoms with Crippen LogP contribution in [0.3, 0.4) is 0 Å². The number of rotatable bonds is 2. The summed E-state index contributed by atoms with van der Waals surface area (Å²) < 4.78 is 0. The van der Waals surface area contributed by atoms with Gasteiger partial charge in [0.15, 0.2) is 0 Å². The number of nitro groups is 1. The minimum atomic E-state index is -0.437. The molecule has 1 aromatic rings. The first kappa shape index (κ1) is 13.5. The molecule has 8 nitrogen and oxygen atoms in total. The predicted molar refractivity (Wildman–Crippen MR) is 72.1 cm³/mol. The van der Waals surface area contributed by atoms with Crippen molar-refractivity contribution in [2.75, 3.05) is 37.3 Å². The first-order valence-electron chi connectivity index (χ1n) is 6.14. The van der Waals surface area contributed by atoms with E-state index in [4.69, 9.17) is 5.73 Å². The van der Waals surface area contributed by atoms with Gasteiger partial charge in [0, 0.05) is 25.7 Å². The number of nitrogens with zero attached hydrogens (tertiary/aromatic N) is 5. The van der Waals surface area contributed by atoms with Crippen molar-refractivity contribution < 1.29 is 4.92 Å². The maximum absolute atomic E-state index is 11.2. The second-order valence-electron chi connectivity index (χ2n) is 4.87. The van der Waals surface area contributed by atoms with Crippen LogP contribution >= 0.6 is 0 Å². The summed E-state index contributed by atoms with van der Waals surface area (Å²) in [5, 5.41) is 11.2. The largest absolute Gasteiger partial charge is 0.368 e. The molecule has 0 saturated carbocycles. The molecular formula is C11H18N6O2. The van der Waals surface area contributed by atoms with E-state index in [0.29, 0.717) is 30.6 Å². The summed E-state index contributed by atoms with van der Waals surface area (Å²) in [5.74, 6) is 0.402. The Morgan fingerprint density at radius 3 is 2.68 bits per heavy atom. The number of aromatic nitrogens is 2. The van der Waals surface area contributed by atoms with Crippen LogP contribution in [-0.4, -0.2) is 52.5 Å². The maximum atomic E-state index is 11.2. The lowest BCUT2D eigenvalue weighted by Gasteiger charge is -2.38. The van der Waals surface area contributed by atoms with Crippen LogP contribution in [0, 0.1) is 17.0 Å². The lowest BCUT2D eigenvalue weighted by molar-refractivity contribution is -0.385. The number of aryl methyl sites for hydroxylation is 1. The molecule has 0 aliphatic carbocycles. The smallest absolute Gasteiger partial charge is 0.332 e. The standard InChI is InChI=1S/C11H18N6O2/c1-7-6-16(5-4-15(7)3)10-9(17(18)19)8(2)13-11(12)14-10/h7H,4-6H2,1-3H3,(H2,12,13,14). The summed E-state index contributed by atoms with van der Waals surface area (Å²) in [6.45, 7) is 5.88. The van der Waals surface area contributed by atoms with Gasteiger partial charge in [-0.05, 0) is 20.9 Å². The van der Waals surface area contributed by atoms with E-state index in [-0.39, 0.29) is 11.6 Å². The van der Waals surface area contributed by atoms with Gasteiger partial charge in [0.25, 0.3) is 0 Å². The van der Waals surface area contributed by atoms with E-state index in [1.54, 1.807) is 6.92 Å². The van der Waals surface area contributed by atoms with E-state index in [0.717, 1.165) is 6.54 Å². The molecule has 2 rings (SSSR count). The van der Waals surface area contributed by atoms with Crippen molar-refractivity contribution in [2.24, 2.45) is 0 Å². The van der Waals surface area contributed by atoms with E-state index in [2.05, 4.69) is 21.8 Å². The van der Waals surface area contributed by atoms with E-state index in [9.17, 15) is 10.1 Å². The molecule has 2 N–H and O–H groups in total. The topological polar surface area (TPSA) is 101 Å². The Morgan fingerprint density at radius 2 is 2.11 bits per heavy atom. The molecule has 19 heavy (non-hydrogen) atoms. The highest BCUT2D eigenvalue weighted by atomic mass is 16.6. The van der Waals surface area contributed by atoms with E-state index >= 15 is 0 Å². The lowest BCUT2D eigenvalue weighted by atomic mass is 10.2. The van der Waals surface area contributed by atoms with Crippen molar-refractivity contribution in [2.45, 2.75) is 19.9 Å². The normalized spacial score (nSPS) is 20.6. The van der Waals surface area contributed by atoms with Crippen LogP contribution in [0.25, 0.3) is 0 Å². The summed E-state index contributed by atoms with van der Waals surface area (Å²) in [6.07, 6.45) is 0. The molecule has 1 aliphatic heterocycles.